The number of hydrogen-bond acceptors (Lipinski definition) is 5. The lowest BCUT2D eigenvalue weighted by molar-refractivity contribution is 0.0696. The SMILES string of the molecule is CS(=O)(=O)c1cc(NC(=O)c2ccc(-c3ccccc3)o2)cc(C(=O)O)c1. The molecule has 0 saturated heterocycles. The van der Waals surface area contributed by atoms with Crippen LogP contribution in [-0.2, 0) is 9.84 Å². The maximum Gasteiger partial charge on any atom is 0.335 e. The monoisotopic (exact) mass is 385 g/mol. The van der Waals surface area contributed by atoms with Crippen molar-refractivity contribution in [1.29, 1.82) is 0 Å². The van der Waals surface area contributed by atoms with E-state index < -0.39 is 21.7 Å². The Hall–Kier alpha value is -3.39. The van der Waals surface area contributed by atoms with Gasteiger partial charge in [0.2, 0.25) is 0 Å². The fraction of sp³-hybridized carbons (Fsp3) is 0.0526. The topological polar surface area (TPSA) is 114 Å². The maximum absolute atomic E-state index is 12.4. The summed E-state index contributed by atoms with van der Waals surface area (Å²) in [4.78, 5) is 23.4. The Morgan fingerprint density at radius 3 is 2.33 bits per heavy atom. The maximum atomic E-state index is 12.4. The number of anilines is 1. The Kier molecular flexibility index (Phi) is 4.83. The lowest BCUT2D eigenvalue weighted by Gasteiger charge is -2.08. The molecule has 0 aliphatic rings. The Balaban J connectivity index is 1.89. The van der Waals surface area contributed by atoms with Crippen LogP contribution in [0.15, 0.2) is 70.0 Å². The predicted octanol–water partition coefficient (Wildman–Crippen LogP) is 3.30. The number of sulfone groups is 1. The normalized spacial score (nSPS) is 11.1. The third-order valence-electron chi connectivity index (χ3n) is 3.73. The van der Waals surface area contributed by atoms with Crippen LogP contribution in [0.3, 0.4) is 0 Å². The zero-order valence-electron chi connectivity index (χ0n) is 14.2. The number of aromatic carboxylic acids is 1. The molecule has 0 unspecified atom stereocenters. The van der Waals surface area contributed by atoms with Crippen molar-refractivity contribution in [2.45, 2.75) is 4.90 Å². The number of furan rings is 1. The van der Waals surface area contributed by atoms with Crippen LogP contribution in [0.1, 0.15) is 20.9 Å². The van der Waals surface area contributed by atoms with Gasteiger partial charge in [-0.2, -0.15) is 0 Å². The minimum atomic E-state index is -3.65. The number of carbonyl (C=O) groups is 2. The van der Waals surface area contributed by atoms with Gasteiger partial charge in [0.05, 0.1) is 10.5 Å². The molecule has 1 amide bonds. The van der Waals surface area contributed by atoms with E-state index in [4.69, 9.17) is 9.52 Å². The fourth-order valence-corrected chi connectivity index (χ4v) is 3.10. The number of benzene rings is 2. The van der Waals surface area contributed by atoms with Crippen LogP contribution in [0.2, 0.25) is 0 Å². The molecule has 2 N–H and O–H groups in total. The van der Waals surface area contributed by atoms with Gasteiger partial charge in [0.15, 0.2) is 15.6 Å². The van der Waals surface area contributed by atoms with E-state index in [0.717, 1.165) is 17.9 Å². The van der Waals surface area contributed by atoms with Crippen molar-refractivity contribution >= 4 is 27.4 Å². The molecule has 2 aromatic carbocycles. The Labute approximate surface area is 155 Å². The Bertz CT molecular complexity index is 1120. The lowest BCUT2D eigenvalue weighted by Crippen LogP contribution is -2.12. The molecule has 0 atom stereocenters. The standard InChI is InChI=1S/C19H15NO6S/c1-27(24,25)15-10-13(19(22)23)9-14(11-15)20-18(21)17-8-7-16(26-17)12-5-3-2-4-6-12/h2-11H,1H3,(H,20,21)(H,22,23). The minimum Gasteiger partial charge on any atom is -0.478 e. The van der Waals surface area contributed by atoms with E-state index in [1.54, 1.807) is 6.07 Å². The summed E-state index contributed by atoms with van der Waals surface area (Å²) in [5.74, 6) is -1.42. The van der Waals surface area contributed by atoms with Crippen molar-refractivity contribution in [3.05, 3.63) is 72.0 Å². The summed E-state index contributed by atoms with van der Waals surface area (Å²) in [6.07, 6.45) is 0.957. The van der Waals surface area contributed by atoms with Gasteiger partial charge in [0, 0.05) is 17.5 Å². The van der Waals surface area contributed by atoms with Gasteiger partial charge >= 0.3 is 5.97 Å². The van der Waals surface area contributed by atoms with E-state index in [2.05, 4.69) is 5.32 Å². The highest BCUT2D eigenvalue weighted by Crippen LogP contribution is 2.24. The summed E-state index contributed by atoms with van der Waals surface area (Å²) in [7, 11) is -3.65. The molecule has 0 radical (unpaired) electrons. The summed E-state index contributed by atoms with van der Waals surface area (Å²) in [6.45, 7) is 0. The second kappa shape index (κ2) is 7.08. The number of hydrogen-bond donors (Lipinski definition) is 2. The number of rotatable bonds is 5. The molecule has 0 fully saturated rings. The van der Waals surface area contributed by atoms with Gasteiger partial charge in [0.1, 0.15) is 5.76 Å². The quantitative estimate of drug-likeness (QED) is 0.697. The van der Waals surface area contributed by atoms with Crippen molar-refractivity contribution in [1.82, 2.24) is 0 Å². The van der Waals surface area contributed by atoms with Gasteiger partial charge in [-0.15, -0.1) is 0 Å². The van der Waals surface area contributed by atoms with Gasteiger partial charge < -0.3 is 14.8 Å². The summed E-state index contributed by atoms with van der Waals surface area (Å²) in [5, 5.41) is 11.6. The third kappa shape index (κ3) is 4.24. The molecule has 8 heteroatoms. The number of carboxylic acids is 1. The molecule has 0 aliphatic carbocycles. The summed E-state index contributed by atoms with van der Waals surface area (Å²) in [6, 6.07) is 15.7. The summed E-state index contributed by atoms with van der Waals surface area (Å²) in [5.41, 5.74) is 0.583. The molecular formula is C19H15NO6S. The van der Waals surface area contributed by atoms with Gasteiger partial charge in [-0.05, 0) is 30.3 Å². The zero-order valence-corrected chi connectivity index (χ0v) is 15.0. The highest BCUT2D eigenvalue weighted by atomic mass is 32.2. The van der Waals surface area contributed by atoms with Crippen LogP contribution in [0.4, 0.5) is 5.69 Å². The van der Waals surface area contributed by atoms with Crippen LogP contribution in [0.25, 0.3) is 11.3 Å². The molecule has 1 heterocycles. The van der Waals surface area contributed by atoms with Gasteiger partial charge in [-0.1, -0.05) is 30.3 Å². The average molecular weight is 385 g/mol. The summed E-state index contributed by atoms with van der Waals surface area (Å²) >= 11 is 0. The zero-order chi connectivity index (χ0) is 19.6. The molecule has 3 rings (SSSR count). The highest BCUT2D eigenvalue weighted by Gasteiger charge is 2.17. The molecular weight excluding hydrogens is 370 g/mol. The van der Waals surface area contributed by atoms with E-state index in [1.807, 2.05) is 30.3 Å². The molecule has 0 bridgehead atoms. The first-order chi connectivity index (χ1) is 12.7. The number of amides is 1. The number of carbonyl (C=O) groups excluding carboxylic acids is 1. The molecule has 7 nitrogen and oxygen atoms in total. The smallest absolute Gasteiger partial charge is 0.335 e. The first-order valence-corrected chi connectivity index (χ1v) is 9.68. The minimum absolute atomic E-state index is 0.00971. The number of carboxylic acid groups (broad SMARTS) is 1. The van der Waals surface area contributed by atoms with E-state index in [0.29, 0.717) is 5.76 Å². The molecule has 27 heavy (non-hydrogen) atoms. The van der Waals surface area contributed by atoms with Crippen molar-refractivity contribution in [2.75, 3.05) is 11.6 Å². The van der Waals surface area contributed by atoms with E-state index >= 15 is 0 Å². The highest BCUT2D eigenvalue weighted by molar-refractivity contribution is 7.90. The molecule has 138 valence electrons. The van der Waals surface area contributed by atoms with E-state index in [9.17, 15) is 18.0 Å². The molecule has 3 aromatic rings. The third-order valence-corrected chi connectivity index (χ3v) is 4.82. The van der Waals surface area contributed by atoms with Gasteiger partial charge in [-0.25, -0.2) is 13.2 Å². The van der Waals surface area contributed by atoms with Crippen LogP contribution in [0.5, 0.6) is 0 Å². The van der Waals surface area contributed by atoms with Crippen molar-refractivity contribution in [2.24, 2.45) is 0 Å². The van der Waals surface area contributed by atoms with Crippen LogP contribution >= 0.6 is 0 Å². The van der Waals surface area contributed by atoms with Crippen molar-refractivity contribution in [3.63, 3.8) is 0 Å². The van der Waals surface area contributed by atoms with Gasteiger partial charge in [0.25, 0.3) is 5.91 Å². The van der Waals surface area contributed by atoms with Crippen LogP contribution < -0.4 is 5.32 Å². The number of nitrogens with one attached hydrogen (secondary N) is 1. The van der Waals surface area contributed by atoms with E-state index in [1.165, 1.54) is 18.2 Å². The first kappa shape index (κ1) is 18.4. The van der Waals surface area contributed by atoms with Crippen LogP contribution in [0, 0.1) is 0 Å². The molecule has 0 aliphatic heterocycles. The van der Waals surface area contributed by atoms with Crippen molar-refractivity contribution in [3.8, 4) is 11.3 Å². The first-order valence-electron chi connectivity index (χ1n) is 7.79. The second-order valence-corrected chi connectivity index (χ2v) is 7.82. The average Bonchev–Trinajstić information content (AvgIpc) is 3.12. The molecule has 0 spiro atoms. The Morgan fingerprint density at radius 2 is 1.70 bits per heavy atom. The molecule has 1 aromatic heterocycles. The molecule has 0 saturated carbocycles. The largest absolute Gasteiger partial charge is 0.478 e. The summed E-state index contributed by atoms with van der Waals surface area (Å²) < 4.78 is 29.0. The van der Waals surface area contributed by atoms with Gasteiger partial charge in [-0.3, -0.25) is 4.79 Å². The predicted molar refractivity (Wildman–Crippen MR) is 98.6 cm³/mol. The van der Waals surface area contributed by atoms with Crippen molar-refractivity contribution < 1.29 is 27.5 Å². The second-order valence-electron chi connectivity index (χ2n) is 5.81. The fourth-order valence-electron chi connectivity index (χ4n) is 2.42. The van der Waals surface area contributed by atoms with Crippen LogP contribution in [-0.4, -0.2) is 31.7 Å². The lowest BCUT2D eigenvalue weighted by atomic mass is 10.2. The van der Waals surface area contributed by atoms with E-state index in [-0.39, 0.29) is 21.9 Å². The Morgan fingerprint density at radius 1 is 1.00 bits per heavy atom.